The van der Waals surface area contributed by atoms with Gasteiger partial charge in [-0.15, -0.1) is 0 Å². The summed E-state index contributed by atoms with van der Waals surface area (Å²) in [6, 6.07) is 0. The molecule has 0 bridgehead atoms. The fourth-order valence-corrected chi connectivity index (χ4v) is 7.20. The molecular formula is C45H86NO8P. The van der Waals surface area contributed by atoms with E-state index in [4.69, 9.17) is 24.3 Å². The van der Waals surface area contributed by atoms with Gasteiger partial charge < -0.3 is 20.1 Å². The largest absolute Gasteiger partial charge is 0.472 e. The van der Waals surface area contributed by atoms with Gasteiger partial charge in [0.2, 0.25) is 0 Å². The van der Waals surface area contributed by atoms with E-state index in [-0.39, 0.29) is 38.6 Å². The van der Waals surface area contributed by atoms with E-state index in [1.54, 1.807) is 0 Å². The number of nitrogens with two attached hydrogens (primary N) is 1. The summed E-state index contributed by atoms with van der Waals surface area (Å²) in [6.07, 6.45) is 44.9. The number of unbranched alkanes of at least 4 members (excludes halogenated alkanes) is 26. The molecule has 0 amide bonds. The lowest BCUT2D eigenvalue weighted by molar-refractivity contribution is -0.161. The highest BCUT2D eigenvalue weighted by molar-refractivity contribution is 7.47. The van der Waals surface area contributed by atoms with Crippen molar-refractivity contribution in [2.24, 2.45) is 5.73 Å². The SMILES string of the molecule is CCCCC/C=C\C/C=C\CCCCCCCCCC(=O)OC[C@H](COP(=O)(O)OCCN)OC(=O)CCCCCCCCCCCCCCCCCCC. The number of ether oxygens (including phenoxy) is 2. The molecule has 0 saturated carbocycles. The number of esters is 2. The van der Waals surface area contributed by atoms with Crippen LogP contribution in [0.15, 0.2) is 24.3 Å². The molecule has 324 valence electrons. The number of phosphoric ester groups is 1. The van der Waals surface area contributed by atoms with E-state index in [1.807, 2.05) is 0 Å². The first kappa shape index (κ1) is 53.5. The molecule has 0 fully saturated rings. The number of phosphoric acid groups is 1. The Labute approximate surface area is 338 Å². The van der Waals surface area contributed by atoms with Crippen LogP contribution in [0, 0.1) is 0 Å². The molecule has 0 aliphatic carbocycles. The molecule has 0 aliphatic heterocycles. The molecule has 2 atom stereocenters. The standard InChI is InChI=1S/C45H86NO8P/c1-3-5-7-9-11-13-15-17-19-21-23-25-27-29-31-33-35-37-44(47)51-41-43(42-53-55(49,50)52-40-39-46)54-45(48)38-36-34-32-30-28-26-24-22-20-18-16-14-12-10-8-6-4-2/h11,13,17,19,43H,3-10,12,14-16,18,20-42,46H2,1-2H3,(H,49,50)/b13-11-,19-17-/t43-/m1/s1. The third-order valence-electron chi connectivity index (χ3n) is 9.84. The zero-order valence-corrected chi connectivity index (χ0v) is 36.6. The van der Waals surface area contributed by atoms with Crippen LogP contribution in [-0.4, -0.2) is 49.3 Å². The Morgan fingerprint density at radius 3 is 1.42 bits per heavy atom. The van der Waals surface area contributed by atoms with Crippen LogP contribution in [0.25, 0.3) is 0 Å². The highest BCUT2D eigenvalue weighted by Crippen LogP contribution is 2.43. The van der Waals surface area contributed by atoms with Crippen LogP contribution in [-0.2, 0) is 32.7 Å². The summed E-state index contributed by atoms with van der Waals surface area (Å²) in [4.78, 5) is 34.9. The van der Waals surface area contributed by atoms with Crippen LogP contribution in [0.3, 0.4) is 0 Å². The average Bonchev–Trinajstić information content (AvgIpc) is 3.17. The number of hydrogen-bond acceptors (Lipinski definition) is 8. The summed E-state index contributed by atoms with van der Waals surface area (Å²) in [5.41, 5.74) is 5.35. The summed E-state index contributed by atoms with van der Waals surface area (Å²) in [7, 11) is -4.38. The van der Waals surface area contributed by atoms with Crippen molar-refractivity contribution in [2.75, 3.05) is 26.4 Å². The molecule has 0 radical (unpaired) electrons. The van der Waals surface area contributed by atoms with Gasteiger partial charge in [0.15, 0.2) is 6.10 Å². The third-order valence-corrected chi connectivity index (χ3v) is 10.8. The van der Waals surface area contributed by atoms with Crippen molar-refractivity contribution in [2.45, 2.75) is 225 Å². The average molecular weight is 800 g/mol. The molecule has 0 heterocycles. The van der Waals surface area contributed by atoms with E-state index in [1.165, 1.54) is 135 Å². The number of carbonyl (C=O) groups is 2. The number of carbonyl (C=O) groups excluding carboxylic acids is 2. The smallest absolute Gasteiger partial charge is 0.462 e. The molecule has 0 aromatic rings. The van der Waals surface area contributed by atoms with Gasteiger partial charge in [-0.1, -0.05) is 186 Å². The summed E-state index contributed by atoms with van der Waals surface area (Å²) >= 11 is 0. The highest BCUT2D eigenvalue weighted by atomic mass is 31.2. The summed E-state index contributed by atoms with van der Waals surface area (Å²) in [5, 5.41) is 0. The second-order valence-electron chi connectivity index (χ2n) is 15.3. The molecule has 0 spiro atoms. The van der Waals surface area contributed by atoms with Crippen molar-refractivity contribution < 1.29 is 37.6 Å². The maximum atomic E-state index is 12.6. The Hall–Kier alpha value is -1.51. The van der Waals surface area contributed by atoms with Gasteiger partial charge in [0.25, 0.3) is 0 Å². The molecule has 10 heteroatoms. The van der Waals surface area contributed by atoms with Gasteiger partial charge in [-0.05, 0) is 44.9 Å². The minimum Gasteiger partial charge on any atom is -0.462 e. The Morgan fingerprint density at radius 2 is 0.945 bits per heavy atom. The molecule has 1 unspecified atom stereocenters. The second kappa shape index (κ2) is 42.1. The topological polar surface area (TPSA) is 134 Å². The van der Waals surface area contributed by atoms with Crippen LogP contribution in [0.5, 0.6) is 0 Å². The summed E-state index contributed by atoms with van der Waals surface area (Å²) < 4.78 is 32.8. The van der Waals surface area contributed by atoms with E-state index in [9.17, 15) is 19.0 Å². The van der Waals surface area contributed by atoms with E-state index in [2.05, 4.69) is 38.2 Å². The second-order valence-corrected chi connectivity index (χ2v) is 16.7. The lowest BCUT2D eigenvalue weighted by Crippen LogP contribution is -2.29. The minimum atomic E-state index is -4.38. The number of hydrogen-bond donors (Lipinski definition) is 2. The molecule has 0 aliphatic rings. The summed E-state index contributed by atoms with van der Waals surface area (Å²) in [6.45, 7) is 3.73. The van der Waals surface area contributed by atoms with Crippen molar-refractivity contribution in [1.82, 2.24) is 0 Å². The van der Waals surface area contributed by atoms with Crippen molar-refractivity contribution in [1.29, 1.82) is 0 Å². The molecule has 55 heavy (non-hydrogen) atoms. The van der Waals surface area contributed by atoms with Crippen molar-refractivity contribution in [3.05, 3.63) is 24.3 Å². The Morgan fingerprint density at radius 1 is 0.545 bits per heavy atom. The zero-order valence-electron chi connectivity index (χ0n) is 35.7. The maximum absolute atomic E-state index is 12.6. The first-order valence-corrected chi connectivity index (χ1v) is 24.3. The molecule has 0 saturated heterocycles. The van der Waals surface area contributed by atoms with Gasteiger partial charge in [-0.3, -0.25) is 18.6 Å². The quantitative estimate of drug-likeness (QED) is 0.0267. The van der Waals surface area contributed by atoms with Crippen LogP contribution in [0.1, 0.15) is 219 Å². The lowest BCUT2D eigenvalue weighted by Gasteiger charge is -2.19. The van der Waals surface area contributed by atoms with Crippen LogP contribution < -0.4 is 5.73 Å². The molecule has 0 aromatic heterocycles. The van der Waals surface area contributed by atoms with E-state index in [0.717, 1.165) is 51.4 Å². The lowest BCUT2D eigenvalue weighted by atomic mass is 10.0. The van der Waals surface area contributed by atoms with Gasteiger partial charge >= 0.3 is 19.8 Å². The van der Waals surface area contributed by atoms with Crippen molar-refractivity contribution in [3.63, 3.8) is 0 Å². The third kappa shape index (κ3) is 41.9. The summed E-state index contributed by atoms with van der Waals surface area (Å²) in [5.74, 6) is -0.828. The molecule has 0 rings (SSSR count). The van der Waals surface area contributed by atoms with Crippen molar-refractivity contribution in [3.8, 4) is 0 Å². The number of rotatable bonds is 43. The van der Waals surface area contributed by atoms with Gasteiger partial charge in [0.1, 0.15) is 6.61 Å². The highest BCUT2D eigenvalue weighted by Gasteiger charge is 2.26. The normalized spacial score (nSPS) is 13.5. The van der Waals surface area contributed by atoms with E-state index >= 15 is 0 Å². The Kier molecular flexibility index (Phi) is 40.9. The molecule has 9 nitrogen and oxygen atoms in total. The predicted molar refractivity (Wildman–Crippen MR) is 229 cm³/mol. The van der Waals surface area contributed by atoms with Gasteiger partial charge in [-0.25, -0.2) is 4.57 Å². The van der Waals surface area contributed by atoms with Gasteiger partial charge in [0, 0.05) is 19.4 Å². The van der Waals surface area contributed by atoms with Crippen LogP contribution in [0.4, 0.5) is 0 Å². The van der Waals surface area contributed by atoms with E-state index in [0.29, 0.717) is 6.42 Å². The zero-order chi connectivity index (χ0) is 40.3. The fourth-order valence-electron chi connectivity index (χ4n) is 6.43. The Bertz CT molecular complexity index is 959. The molecule has 0 aromatic carbocycles. The molecule has 3 N–H and O–H groups in total. The Balaban J connectivity index is 4.11. The molecular weight excluding hydrogens is 713 g/mol. The van der Waals surface area contributed by atoms with Crippen molar-refractivity contribution >= 4 is 19.8 Å². The monoisotopic (exact) mass is 800 g/mol. The number of allylic oxidation sites excluding steroid dienone is 4. The van der Waals surface area contributed by atoms with Gasteiger partial charge in [0.05, 0.1) is 13.2 Å². The first-order valence-electron chi connectivity index (χ1n) is 22.8. The predicted octanol–water partition coefficient (Wildman–Crippen LogP) is 13.2. The van der Waals surface area contributed by atoms with Gasteiger partial charge in [-0.2, -0.15) is 0 Å². The van der Waals surface area contributed by atoms with E-state index < -0.39 is 26.5 Å². The van der Waals surface area contributed by atoms with Crippen LogP contribution >= 0.6 is 7.82 Å². The maximum Gasteiger partial charge on any atom is 0.472 e. The first-order chi connectivity index (χ1) is 26.8. The van der Waals surface area contributed by atoms with Crippen LogP contribution in [0.2, 0.25) is 0 Å². The minimum absolute atomic E-state index is 0.0540. The fraction of sp³-hybridized carbons (Fsp3) is 0.867.